The highest BCUT2D eigenvalue weighted by Crippen LogP contribution is 2.38. The van der Waals surface area contributed by atoms with E-state index in [1.54, 1.807) is 24.3 Å². The van der Waals surface area contributed by atoms with Crippen LogP contribution in [0.2, 0.25) is 0 Å². The topological polar surface area (TPSA) is 63.4 Å². The van der Waals surface area contributed by atoms with Crippen molar-refractivity contribution in [1.82, 2.24) is 4.98 Å². The molecule has 0 aliphatic heterocycles. The summed E-state index contributed by atoms with van der Waals surface area (Å²) in [6.45, 7) is 2.03. The lowest BCUT2D eigenvalue weighted by Gasteiger charge is -2.23. The van der Waals surface area contributed by atoms with Gasteiger partial charge in [-0.1, -0.05) is 96.6 Å². The van der Waals surface area contributed by atoms with Gasteiger partial charge in [0, 0.05) is 11.1 Å². The molecule has 4 aromatic carbocycles. The summed E-state index contributed by atoms with van der Waals surface area (Å²) in [5.41, 5.74) is 3.33. The zero-order valence-electron chi connectivity index (χ0n) is 19.2. The molecule has 0 saturated heterocycles. The minimum absolute atomic E-state index is 0.109. The highest BCUT2D eigenvalue weighted by Gasteiger charge is 2.31. The molecule has 5 nitrogen and oxygen atoms in total. The van der Waals surface area contributed by atoms with Crippen molar-refractivity contribution in [3.05, 3.63) is 126 Å². The molecule has 1 heterocycles. The van der Waals surface area contributed by atoms with Crippen LogP contribution < -0.4 is 4.31 Å². The molecule has 0 bridgehead atoms. The van der Waals surface area contributed by atoms with Crippen LogP contribution in [-0.4, -0.2) is 13.4 Å². The highest BCUT2D eigenvalue weighted by atomic mass is 32.2. The van der Waals surface area contributed by atoms with Crippen molar-refractivity contribution in [2.75, 3.05) is 4.31 Å². The van der Waals surface area contributed by atoms with E-state index < -0.39 is 10.0 Å². The van der Waals surface area contributed by atoms with Crippen LogP contribution in [0.4, 0.5) is 5.82 Å². The number of hydrogen-bond donors (Lipinski definition) is 0. The fourth-order valence-electron chi connectivity index (χ4n) is 3.82. The summed E-state index contributed by atoms with van der Waals surface area (Å²) < 4.78 is 35.6. The fourth-order valence-corrected chi connectivity index (χ4v) is 5.23. The minimum Gasteiger partial charge on any atom is -0.434 e. The average Bonchev–Trinajstić information content (AvgIpc) is 3.34. The van der Waals surface area contributed by atoms with Gasteiger partial charge in [-0.15, -0.1) is 0 Å². The first-order valence-electron chi connectivity index (χ1n) is 11.3. The van der Waals surface area contributed by atoms with E-state index in [0.717, 1.165) is 22.3 Å². The minimum atomic E-state index is -3.96. The predicted octanol–water partition coefficient (Wildman–Crippen LogP) is 6.71. The molecule has 1 aromatic heterocycles. The normalized spacial score (nSPS) is 11.3. The summed E-state index contributed by atoms with van der Waals surface area (Å²) in [5, 5.41) is 0. The van der Waals surface area contributed by atoms with Crippen LogP contribution in [-0.2, 0) is 16.6 Å². The van der Waals surface area contributed by atoms with Crippen molar-refractivity contribution in [2.24, 2.45) is 0 Å². The number of aromatic nitrogens is 1. The van der Waals surface area contributed by atoms with E-state index in [9.17, 15) is 8.42 Å². The zero-order valence-corrected chi connectivity index (χ0v) is 20.0. The number of aryl methyl sites for hydroxylation is 1. The third-order valence-electron chi connectivity index (χ3n) is 5.68. The number of sulfonamides is 1. The Morgan fingerprint density at radius 3 is 1.86 bits per heavy atom. The number of oxazole rings is 1. The van der Waals surface area contributed by atoms with Gasteiger partial charge >= 0.3 is 0 Å². The molecular formula is C29H24N2O3S. The average molecular weight is 481 g/mol. The first kappa shape index (κ1) is 22.6. The van der Waals surface area contributed by atoms with Crippen LogP contribution in [0.5, 0.6) is 0 Å². The molecule has 35 heavy (non-hydrogen) atoms. The summed E-state index contributed by atoms with van der Waals surface area (Å²) in [5.74, 6) is 1.01. The van der Waals surface area contributed by atoms with Crippen LogP contribution in [0.3, 0.4) is 0 Å². The molecule has 174 valence electrons. The third kappa shape index (κ3) is 4.74. The second-order valence-corrected chi connectivity index (χ2v) is 10.1. The van der Waals surface area contributed by atoms with Gasteiger partial charge in [-0.05, 0) is 36.8 Å². The molecule has 5 rings (SSSR count). The van der Waals surface area contributed by atoms with E-state index >= 15 is 0 Å². The van der Waals surface area contributed by atoms with Gasteiger partial charge < -0.3 is 4.42 Å². The van der Waals surface area contributed by atoms with Gasteiger partial charge in [0.05, 0.1) is 11.4 Å². The van der Waals surface area contributed by atoms with Gasteiger partial charge in [-0.25, -0.2) is 12.7 Å². The Morgan fingerprint density at radius 1 is 0.714 bits per heavy atom. The predicted molar refractivity (Wildman–Crippen MR) is 138 cm³/mol. The van der Waals surface area contributed by atoms with Gasteiger partial charge in [0.25, 0.3) is 10.0 Å². The lowest BCUT2D eigenvalue weighted by molar-refractivity contribution is 0.584. The number of hydrogen-bond acceptors (Lipinski definition) is 4. The van der Waals surface area contributed by atoms with Crippen molar-refractivity contribution in [3.63, 3.8) is 0 Å². The molecule has 0 radical (unpaired) electrons. The van der Waals surface area contributed by atoms with E-state index in [1.165, 1.54) is 4.31 Å². The Hall–Kier alpha value is -4.16. The van der Waals surface area contributed by atoms with Gasteiger partial charge in [0.2, 0.25) is 5.89 Å². The summed E-state index contributed by atoms with van der Waals surface area (Å²) in [7, 11) is -3.96. The largest absolute Gasteiger partial charge is 0.434 e. The Morgan fingerprint density at radius 2 is 1.26 bits per heavy atom. The van der Waals surface area contributed by atoms with Gasteiger partial charge in [0.1, 0.15) is 0 Å². The van der Waals surface area contributed by atoms with Crippen molar-refractivity contribution in [2.45, 2.75) is 18.4 Å². The third-order valence-corrected chi connectivity index (χ3v) is 7.43. The van der Waals surface area contributed by atoms with E-state index in [2.05, 4.69) is 0 Å². The Bertz CT molecular complexity index is 1510. The molecule has 6 heteroatoms. The quantitative estimate of drug-likeness (QED) is 0.260. The maximum Gasteiger partial charge on any atom is 0.265 e. The number of anilines is 1. The lowest BCUT2D eigenvalue weighted by atomic mass is 10.1. The number of rotatable bonds is 7. The van der Waals surface area contributed by atoms with Crippen LogP contribution in [0, 0.1) is 6.92 Å². The van der Waals surface area contributed by atoms with Crippen LogP contribution in [0.15, 0.2) is 125 Å². The van der Waals surface area contributed by atoms with Crippen LogP contribution in [0.25, 0.3) is 22.8 Å². The molecule has 0 aliphatic rings. The molecular weight excluding hydrogens is 456 g/mol. The van der Waals surface area contributed by atoms with Crippen molar-refractivity contribution < 1.29 is 12.8 Å². The summed E-state index contributed by atoms with van der Waals surface area (Å²) in [6.07, 6.45) is 0. The van der Waals surface area contributed by atoms with E-state index in [-0.39, 0.29) is 17.3 Å². The monoisotopic (exact) mass is 480 g/mol. The molecule has 5 aromatic rings. The number of benzene rings is 4. The Kier molecular flexibility index (Phi) is 6.21. The zero-order chi connectivity index (χ0) is 24.3. The molecule has 0 amide bonds. The Labute approximate surface area is 205 Å². The maximum absolute atomic E-state index is 14.0. The molecule has 0 atom stereocenters. The second kappa shape index (κ2) is 9.60. The standard InChI is InChI=1S/C29H24N2O3S/c1-22-17-19-26(20-18-22)35(32,33)31(21-23-11-5-2-6-12-23)28-27(24-13-7-3-8-14-24)34-29(30-28)25-15-9-4-10-16-25/h2-20H,21H2,1H3. The lowest BCUT2D eigenvalue weighted by Crippen LogP contribution is -2.31. The van der Waals surface area contributed by atoms with E-state index in [4.69, 9.17) is 9.40 Å². The summed E-state index contributed by atoms with van der Waals surface area (Å²) >= 11 is 0. The molecule has 0 saturated carbocycles. The SMILES string of the molecule is Cc1ccc(S(=O)(=O)N(Cc2ccccc2)c2nc(-c3ccccc3)oc2-c2ccccc2)cc1. The van der Waals surface area contributed by atoms with E-state index in [0.29, 0.717) is 11.7 Å². The molecule has 0 unspecified atom stereocenters. The summed E-state index contributed by atoms with van der Waals surface area (Å²) in [4.78, 5) is 4.94. The van der Waals surface area contributed by atoms with Crippen molar-refractivity contribution >= 4 is 15.8 Å². The second-order valence-electron chi connectivity index (χ2n) is 8.21. The van der Waals surface area contributed by atoms with Crippen molar-refractivity contribution in [1.29, 1.82) is 0 Å². The van der Waals surface area contributed by atoms with Crippen molar-refractivity contribution in [3.8, 4) is 22.8 Å². The van der Waals surface area contributed by atoms with Gasteiger partial charge in [0.15, 0.2) is 11.6 Å². The molecule has 0 aliphatic carbocycles. The first-order chi connectivity index (χ1) is 17.0. The highest BCUT2D eigenvalue weighted by molar-refractivity contribution is 7.92. The van der Waals surface area contributed by atoms with Gasteiger partial charge in [-0.2, -0.15) is 4.98 Å². The summed E-state index contributed by atoms with van der Waals surface area (Å²) in [6, 6.07) is 35.3. The van der Waals surface area contributed by atoms with E-state index in [1.807, 2.05) is 97.9 Å². The molecule has 0 spiro atoms. The fraction of sp³-hybridized carbons (Fsp3) is 0.0690. The molecule has 0 N–H and O–H groups in total. The smallest absolute Gasteiger partial charge is 0.265 e. The maximum atomic E-state index is 14.0. The number of nitrogens with zero attached hydrogens (tertiary/aromatic N) is 2. The molecule has 0 fully saturated rings. The van der Waals surface area contributed by atoms with Crippen LogP contribution >= 0.6 is 0 Å². The Balaban J connectivity index is 1.72. The van der Waals surface area contributed by atoms with Crippen LogP contribution in [0.1, 0.15) is 11.1 Å². The first-order valence-corrected chi connectivity index (χ1v) is 12.7. The van der Waals surface area contributed by atoms with Gasteiger partial charge in [-0.3, -0.25) is 0 Å².